The number of nitrogens with zero attached hydrogens (tertiary/aromatic N) is 2. The molecule has 4 heteroatoms. The van der Waals surface area contributed by atoms with Gasteiger partial charge in [-0.3, -0.25) is 0 Å². The van der Waals surface area contributed by atoms with Gasteiger partial charge in [0.25, 0.3) is 0 Å². The van der Waals surface area contributed by atoms with Gasteiger partial charge in [-0.1, -0.05) is 35.2 Å². The van der Waals surface area contributed by atoms with Crippen molar-refractivity contribution in [1.82, 2.24) is 9.78 Å². The SMILES string of the molecule is C#CC(O)c1c(C)nn(-c2ccc(C)cc2)c1Cl. The Morgan fingerprint density at radius 1 is 1.33 bits per heavy atom. The number of benzene rings is 1. The van der Waals surface area contributed by atoms with Crippen molar-refractivity contribution in [2.75, 3.05) is 0 Å². The van der Waals surface area contributed by atoms with E-state index in [4.69, 9.17) is 18.0 Å². The number of aromatic nitrogens is 2. The van der Waals surface area contributed by atoms with Gasteiger partial charge >= 0.3 is 0 Å². The van der Waals surface area contributed by atoms with Crippen molar-refractivity contribution in [2.45, 2.75) is 20.0 Å². The van der Waals surface area contributed by atoms with Gasteiger partial charge in [0, 0.05) is 0 Å². The molecular weight excluding hydrogens is 248 g/mol. The Bertz CT molecular complexity index is 608. The molecule has 0 aliphatic rings. The molecule has 1 aromatic carbocycles. The fourth-order valence-corrected chi connectivity index (χ4v) is 2.14. The monoisotopic (exact) mass is 260 g/mol. The average Bonchev–Trinajstić information content (AvgIpc) is 2.65. The smallest absolute Gasteiger partial charge is 0.144 e. The molecule has 0 amide bonds. The third-order valence-electron chi connectivity index (χ3n) is 2.76. The molecule has 0 radical (unpaired) electrons. The van der Waals surface area contributed by atoms with E-state index >= 15 is 0 Å². The molecule has 0 aliphatic carbocycles. The third kappa shape index (κ3) is 2.13. The van der Waals surface area contributed by atoms with Crippen molar-refractivity contribution < 1.29 is 5.11 Å². The van der Waals surface area contributed by atoms with E-state index in [1.54, 1.807) is 11.6 Å². The third-order valence-corrected chi connectivity index (χ3v) is 3.12. The minimum Gasteiger partial charge on any atom is -0.376 e. The maximum absolute atomic E-state index is 9.72. The van der Waals surface area contributed by atoms with Crippen molar-refractivity contribution in [3.63, 3.8) is 0 Å². The summed E-state index contributed by atoms with van der Waals surface area (Å²) in [5.74, 6) is 2.25. The van der Waals surface area contributed by atoms with Crippen LogP contribution in [-0.4, -0.2) is 14.9 Å². The largest absolute Gasteiger partial charge is 0.376 e. The Kier molecular flexibility index (Phi) is 3.42. The van der Waals surface area contributed by atoms with E-state index < -0.39 is 6.10 Å². The van der Waals surface area contributed by atoms with Crippen LogP contribution >= 0.6 is 11.6 Å². The van der Waals surface area contributed by atoms with Gasteiger partial charge < -0.3 is 5.11 Å². The first kappa shape index (κ1) is 12.7. The molecule has 92 valence electrons. The molecule has 1 unspecified atom stereocenters. The lowest BCUT2D eigenvalue weighted by Crippen LogP contribution is -1.98. The van der Waals surface area contributed by atoms with Crippen LogP contribution in [0.4, 0.5) is 0 Å². The van der Waals surface area contributed by atoms with Crippen LogP contribution in [0.3, 0.4) is 0 Å². The molecule has 0 fully saturated rings. The zero-order valence-corrected chi connectivity index (χ0v) is 10.9. The molecule has 2 rings (SSSR count). The van der Waals surface area contributed by atoms with Crippen LogP contribution in [0.2, 0.25) is 5.15 Å². The molecule has 1 atom stereocenters. The van der Waals surface area contributed by atoms with Crippen LogP contribution in [-0.2, 0) is 0 Å². The summed E-state index contributed by atoms with van der Waals surface area (Å²) in [4.78, 5) is 0. The highest BCUT2D eigenvalue weighted by Crippen LogP contribution is 2.28. The van der Waals surface area contributed by atoms with E-state index in [1.807, 2.05) is 31.2 Å². The van der Waals surface area contributed by atoms with Crippen LogP contribution in [0.5, 0.6) is 0 Å². The molecular formula is C14H13ClN2O. The van der Waals surface area contributed by atoms with Crippen molar-refractivity contribution in [3.8, 4) is 18.0 Å². The van der Waals surface area contributed by atoms with Gasteiger partial charge in [-0.2, -0.15) is 5.10 Å². The molecule has 1 aromatic heterocycles. The number of aliphatic hydroxyl groups excluding tert-OH is 1. The summed E-state index contributed by atoms with van der Waals surface area (Å²) in [6.07, 6.45) is 4.18. The zero-order chi connectivity index (χ0) is 13.3. The van der Waals surface area contributed by atoms with Crippen molar-refractivity contribution in [1.29, 1.82) is 0 Å². The first-order valence-electron chi connectivity index (χ1n) is 5.51. The maximum atomic E-state index is 9.72. The molecule has 1 N–H and O–H groups in total. The number of aliphatic hydroxyl groups is 1. The summed E-state index contributed by atoms with van der Waals surface area (Å²) >= 11 is 6.22. The molecule has 1 heterocycles. The van der Waals surface area contributed by atoms with E-state index in [-0.39, 0.29) is 0 Å². The van der Waals surface area contributed by atoms with Gasteiger partial charge in [-0.15, -0.1) is 6.42 Å². The number of hydrogen-bond donors (Lipinski definition) is 1. The Morgan fingerprint density at radius 2 is 1.94 bits per heavy atom. The Morgan fingerprint density at radius 3 is 2.50 bits per heavy atom. The Labute approximate surface area is 111 Å². The minimum atomic E-state index is -1.03. The fraction of sp³-hybridized carbons (Fsp3) is 0.214. The normalized spacial score (nSPS) is 12.2. The highest BCUT2D eigenvalue weighted by molar-refractivity contribution is 6.30. The second kappa shape index (κ2) is 4.85. The summed E-state index contributed by atoms with van der Waals surface area (Å²) in [5, 5.41) is 14.4. The van der Waals surface area contributed by atoms with Crippen LogP contribution in [0.15, 0.2) is 24.3 Å². The van der Waals surface area contributed by atoms with E-state index in [0.717, 1.165) is 11.3 Å². The topological polar surface area (TPSA) is 38.1 Å². The van der Waals surface area contributed by atoms with Gasteiger partial charge in [-0.05, 0) is 26.0 Å². The highest BCUT2D eigenvalue weighted by Gasteiger charge is 2.19. The Hall–Kier alpha value is -1.76. The summed E-state index contributed by atoms with van der Waals surface area (Å²) in [6.45, 7) is 3.78. The molecule has 0 saturated carbocycles. The van der Waals surface area contributed by atoms with Gasteiger partial charge in [0.05, 0.1) is 16.9 Å². The van der Waals surface area contributed by atoms with Crippen molar-refractivity contribution in [2.24, 2.45) is 0 Å². The summed E-state index contributed by atoms with van der Waals surface area (Å²) in [6, 6.07) is 7.78. The highest BCUT2D eigenvalue weighted by atomic mass is 35.5. The quantitative estimate of drug-likeness (QED) is 0.844. The van der Waals surface area contributed by atoms with Gasteiger partial charge in [0.1, 0.15) is 11.3 Å². The Balaban J connectivity index is 2.54. The van der Waals surface area contributed by atoms with Crippen LogP contribution in [0.25, 0.3) is 5.69 Å². The predicted molar refractivity (Wildman–Crippen MR) is 71.8 cm³/mol. The fourth-order valence-electron chi connectivity index (χ4n) is 1.76. The second-order valence-electron chi connectivity index (χ2n) is 4.11. The van der Waals surface area contributed by atoms with Gasteiger partial charge in [-0.25, -0.2) is 4.68 Å². The molecule has 0 saturated heterocycles. The first-order chi connectivity index (χ1) is 8.54. The lowest BCUT2D eigenvalue weighted by molar-refractivity contribution is 0.238. The van der Waals surface area contributed by atoms with E-state index in [9.17, 15) is 5.11 Å². The summed E-state index contributed by atoms with van der Waals surface area (Å²) in [7, 11) is 0. The predicted octanol–water partition coefficient (Wildman–Crippen LogP) is 2.81. The first-order valence-corrected chi connectivity index (χ1v) is 5.88. The van der Waals surface area contributed by atoms with E-state index in [2.05, 4.69) is 11.0 Å². The van der Waals surface area contributed by atoms with E-state index in [0.29, 0.717) is 16.4 Å². The minimum absolute atomic E-state index is 0.349. The van der Waals surface area contributed by atoms with Crippen molar-refractivity contribution >= 4 is 11.6 Å². The number of hydrogen-bond acceptors (Lipinski definition) is 2. The number of aryl methyl sites for hydroxylation is 2. The van der Waals surface area contributed by atoms with Crippen LogP contribution in [0.1, 0.15) is 22.9 Å². The van der Waals surface area contributed by atoms with Gasteiger partial charge in [0.15, 0.2) is 0 Å². The molecule has 3 nitrogen and oxygen atoms in total. The number of terminal acetylenes is 1. The average molecular weight is 261 g/mol. The van der Waals surface area contributed by atoms with Crippen LogP contribution < -0.4 is 0 Å². The molecule has 0 bridgehead atoms. The van der Waals surface area contributed by atoms with Crippen LogP contribution in [0, 0.1) is 26.2 Å². The zero-order valence-electron chi connectivity index (χ0n) is 10.2. The lowest BCUT2D eigenvalue weighted by atomic mass is 10.1. The molecule has 0 aliphatic heterocycles. The summed E-state index contributed by atoms with van der Waals surface area (Å²) in [5.41, 5.74) is 3.11. The molecule has 18 heavy (non-hydrogen) atoms. The summed E-state index contributed by atoms with van der Waals surface area (Å²) < 4.78 is 1.58. The molecule has 0 spiro atoms. The standard InChI is InChI=1S/C14H13ClN2O/c1-4-12(18)13-10(3)16-17(14(13)15)11-7-5-9(2)6-8-11/h1,5-8,12,18H,2-3H3. The van der Waals surface area contributed by atoms with E-state index in [1.165, 1.54) is 0 Å². The molecule has 2 aromatic rings. The van der Waals surface area contributed by atoms with Gasteiger partial charge in [0.2, 0.25) is 0 Å². The number of rotatable bonds is 2. The maximum Gasteiger partial charge on any atom is 0.144 e. The lowest BCUT2D eigenvalue weighted by Gasteiger charge is -2.05. The van der Waals surface area contributed by atoms with Crippen molar-refractivity contribution in [3.05, 3.63) is 46.2 Å². The number of halogens is 1. The second-order valence-corrected chi connectivity index (χ2v) is 4.46.